The molecule has 7 heteroatoms. The number of aryl methyl sites for hydroxylation is 1. The molecule has 0 radical (unpaired) electrons. The van der Waals surface area contributed by atoms with Crippen LogP contribution in [0, 0.1) is 6.92 Å². The molecule has 1 amide bonds. The van der Waals surface area contributed by atoms with Crippen LogP contribution in [0.15, 0.2) is 24.4 Å². The summed E-state index contributed by atoms with van der Waals surface area (Å²) in [6, 6.07) is 6.05. The summed E-state index contributed by atoms with van der Waals surface area (Å²) in [6.07, 6.45) is 3.45. The molecule has 0 saturated carbocycles. The van der Waals surface area contributed by atoms with Crippen molar-refractivity contribution in [1.29, 1.82) is 0 Å². The maximum absolute atomic E-state index is 12.3. The average molecular weight is 300 g/mol. The van der Waals surface area contributed by atoms with Crippen LogP contribution in [0.3, 0.4) is 0 Å². The lowest BCUT2D eigenvalue weighted by Gasteiger charge is -2.36. The number of aromatic nitrogens is 4. The second kappa shape index (κ2) is 6.13. The van der Waals surface area contributed by atoms with E-state index in [4.69, 9.17) is 0 Å². The fourth-order valence-electron chi connectivity index (χ4n) is 2.77. The van der Waals surface area contributed by atoms with Gasteiger partial charge in [0.15, 0.2) is 5.82 Å². The Bertz CT molecular complexity index is 616. The van der Waals surface area contributed by atoms with E-state index in [2.05, 4.69) is 25.3 Å². The molecule has 1 aliphatic rings. The van der Waals surface area contributed by atoms with Crippen LogP contribution in [0.25, 0.3) is 0 Å². The van der Waals surface area contributed by atoms with Crippen molar-refractivity contribution in [3.8, 4) is 0 Å². The van der Waals surface area contributed by atoms with Crippen LogP contribution in [-0.2, 0) is 0 Å². The van der Waals surface area contributed by atoms with Crippen molar-refractivity contribution in [3.05, 3.63) is 35.8 Å². The Balaban J connectivity index is 1.59. The maximum atomic E-state index is 12.3. The van der Waals surface area contributed by atoms with Crippen molar-refractivity contribution in [3.63, 3.8) is 0 Å². The van der Waals surface area contributed by atoms with Crippen molar-refractivity contribution >= 4 is 11.7 Å². The number of hydrogen-bond acceptors (Lipinski definition) is 5. The van der Waals surface area contributed by atoms with Crippen LogP contribution < -0.4 is 4.90 Å². The molecular formula is C15H20N6O. The molecule has 0 spiro atoms. The van der Waals surface area contributed by atoms with Crippen LogP contribution in [0.1, 0.15) is 29.0 Å². The minimum absolute atomic E-state index is 0.0220. The summed E-state index contributed by atoms with van der Waals surface area (Å²) in [7, 11) is 2.04. The van der Waals surface area contributed by atoms with E-state index in [1.54, 1.807) is 12.3 Å². The Morgan fingerprint density at radius 2 is 2.05 bits per heavy atom. The van der Waals surface area contributed by atoms with Gasteiger partial charge in [0.1, 0.15) is 5.69 Å². The lowest BCUT2D eigenvalue weighted by molar-refractivity contribution is 0.0707. The van der Waals surface area contributed by atoms with Crippen LogP contribution >= 0.6 is 0 Å². The van der Waals surface area contributed by atoms with Crippen LogP contribution in [0.2, 0.25) is 0 Å². The highest BCUT2D eigenvalue weighted by Gasteiger charge is 2.27. The van der Waals surface area contributed by atoms with E-state index in [0.717, 1.165) is 37.4 Å². The molecule has 0 aromatic carbocycles. The molecular weight excluding hydrogens is 280 g/mol. The van der Waals surface area contributed by atoms with Crippen molar-refractivity contribution in [2.75, 3.05) is 25.0 Å². The molecule has 0 unspecified atom stereocenters. The molecule has 7 nitrogen and oxygen atoms in total. The summed E-state index contributed by atoms with van der Waals surface area (Å²) in [6.45, 7) is 3.41. The number of nitrogens with one attached hydrogen (secondary N) is 1. The molecule has 2 aromatic rings. The monoisotopic (exact) mass is 300 g/mol. The molecule has 116 valence electrons. The first-order valence-electron chi connectivity index (χ1n) is 7.47. The Morgan fingerprint density at radius 1 is 1.27 bits per heavy atom. The van der Waals surface area contributed by atoms with Gasteiger partial charge in [-0.05, 0) is 38.0 Å². The van der Waals surface area contributed by atoms with Crippen LogP contribution in [-0.4, -0.2) is 57.4 Å². The first kappa shape index (κ1) is 14.5. The minimum Gasteiger partial charge on any atom is -0.355 e. The van der Waals surface area contributed by atoms with Gasteiger partial charge in [-0.25, -0.2) is 0 Å². The number of anilines is 1. The van der Waals surface area contributed by atoms with Gasteiger partial charge in [0.05, 0.1) is 5.69 Å². The SMILES string of the molecule is Cc1ccc(N(C)C2CCN(C(=O)c3ccn[nH]3)CC2)nn1. The number of likely N-dealkylation sites (tertiary alicyclic amines) is 1. The number of amides is 1. The highest BCUT2D eigenvalue weighted by Crippen LogP contribution is 2.21. The van der Waals surface area contributed by atoms with E-state index < -0.39 is 0 Å². The lowest BCUT2D eigenvalue weighted by Crippen LogP contribution is -2.46. The highest BCUT2D eigenvalue weighted by molar-refractivity contribution is 5.92. The number of piperidine rings is 1. The molecule has 0 bridgehead atoms. The van der Waals surface area contributed by atoms with Gasteiger partial charge in [0, 0.05) is 32.4 Å². The van der Waals surface area contributed by atoms with E-state index >= 15 is 0 Å². The molecule has 2 aromatic heterocycles. The Morgan fingerprint density at radius 3 is 2.64 bits per heavy atom. The summed E-state index contributed by atoms with van der Waals surface area (Å²) >= 11 is 0. The Hall–Kier alpha value is -2.44. The van der Waals surface area contributed by atoms with Gasteiger partial charge in [-0.1, -0.05) is 0 Å². The number of carbonyl (C=O) groups is 1. The van der Waals surface area contributed by atoms with Crippen LogP contribution in [0.5, 0.6) is 0 Å². The lowest BCUT2D eigenvalue weighted by atomic mass is 10.0. The maximum Gasteiger partial charge on any atom is 0.271 e. The molecule has 1 fully saturated rings. The van der Waals surface area contributed by atoms with Gasteiger partial charge in [0.25, 0.3) is 5.91 Å². The number of nitrogens with zero attached hydrogens (tertiary/aromatic N) is 5. The fraction of sp³-hybridized carbons (Fsp3) is 0.467. The number of hydrogen-bond donors (Lipinski definition) is 1. The summed E-state index contributed by atoms with van der Waals surface area (Å²) in [5, 5.41) is 14.9. The normalized spacial score (nSPS) is 15.8. The van der Waals surface area contributed by atoms with E-state index in [1.165, 1.54) is 0 Å². The summed E-state index contributed by atoms with van der Waals surface area (Å²) in [5.74, 6) is 0.901. The van der Waals surface area contributed by atoms with Gasteiger partial charge in [0.2, 0.25) is 0 Å². The van der Waals surface area contributed by atoms with Crippen molar-refractivity contribution in [2.24, 2.45) is 0 Å². The highest BCUT2D eigenvalue weighted by atomic mass is 16.2. The number of H-pyrrole nitrogens is 1. The fourth-order valence-corrected chi connectivity index (χ4v) is 2.77. The summed E-state index contributed by atoms with van der Waals surface area (Å²) in [4.78, 5) is 16.3. The average Bonchev–Trinajstić information content (AvgIpc) is 3.09. The van der Waals surface area contributed by atoms with Gasteiger partial charge in [-0.3, -0.25) is 9.89 Å². The number of carbonyl (C=O) groups excluding carboxylic acids is 1. The zero-order chi connectivity index (χ0) is 15.5. The first-order chi connectivity index (χ1) is 10.6. The third-order valence-electron chi connectivity index (χ3n) is 4.18. The predicted molar refractivity (Wildman–Crippen MR) is 82.7 cm³/mol. The number of aromatic amines is 1. The van der Waals surface area contributed by atoms with Gasteiger partial charge < -0.3 is 9.80 Å². The largest absolute Gasteiger partial charge is 0.355 e. The zero-order valence-corrected chi connectivity index (χ0v) is 12.9. The van der Waals surface area contributed by atoms with Crippen molar-refractivity contribution in [2.45, 2.75) is 25.8 Å². The third-order valence-corrected chi connectivity index (χ3v) is 4.18. The number of rotatable bonds is 3. The molecule has 0 atom stereocenters. The Kier molecular flexibility index (Phi) is 4.04. The molecule has 3 heterocycles. The smallest absolute Gasteiger partial charge is 0.271 e. The topological polar surface area (TPSA) is 78.0 Å². The molecule has 1 N–H and O–H groups in total. The molecule has 3 rings (SSSR count). The Labute approximate surface area is 129 Å². The van der Waals surface area contributed by atoms with Crippen molar-refractivity contribution in [1.82, 2.24) is 25.3 Å². The standard InChI is InChI=1S/C15H20N6O/c1-11-3-4-14(19-17-11)20(2)12-6-9-21(10-7-12)15(22)13-5-8-16-18-13/h3-5,8,12H,6-7,9-10H2,1-2H3,(H,16,18). The summed E-state index contributed by atoms with van der Waals surface area (Å²) < 4.78 is 0. The summed E-state index contributed by atoms with van der Waals surface area (Å²) in [5.41, 5.74) is 1.47. The molecule has 22 heavy (non-hydrogen) atoms. The zero-order valence-electron chi connectivity index (χ0n) is 12.9. The quantitative estimate of drug-likeness (QED) is 0.923. The van der Waals surface area contributed by atoms with Gasteiger partial charge in [-0.15, -0.1) is 5.10 Å². The minimum atomic E-state index is 0.0220. The van der Waals surface area contributed by atoms with E-state index in [-0.39, 0.29) is 5.91 Å². The first-order valence-corrected chi connectivity index (χ1v) is 7.47. The van der Waals surface area contributed by atoms with E-state index in [1.807, 2.05) is 31.0 Å². The van der Waals surface area contributed by atoms with Crippen molar-refractivity contribution < 1.29 is 4.79 Å². The molecule has 1 aliphatic heterocycles. The third kappa shape index (κ3) is 2.93. The van der Waals surface area contributed by atoms with E-state index in [9.17, 15) is 4.79 Å². The predicted octanol–water partition coefficient (Wildman–Crippen LogP) is 1.25. The molecule has 0 aliphatic carbocycles. The van der Waals surface area contributed by atoms with Gasteiger partial charge in [-0.2, -0.15) is 10.2 Å². The second-order valence-electron chi connectivity index (χ2n) is 5.64. The van der Waals surface area contributed by atoms with Gasteiger partial charge >= 0.3 is 0 Å². The second-order valence-corrected chi connectivity index (χ2v) is 5.64. The van der Waals surface area contributed by atoms with E-state index in [0.29, 0.717) is 11.7 Å². The van der Waals surface area contributed by atoms with Crippen LogP contribution in [0.4, 0.5) is 5.82 Å². The molecule has 1 saturated heterocycles.